The van der Waals surface area contributed by atoms with Crippen molar-refractivity contribution in [1.29, 1.82) is 0 Å². The fraction of sp³-hybridized carbons (Fsp3) is 1.00. The van der Waals surface area contributed by atoms with E-state index in [1.165, 1.54) is 19.5 Å². The quantitative estimate of drug-likeness (QED) is 0.655. The van der Waals surface area contributed by atoms with Crippen LogP contribution in [0.4, 0.5) is 0 Å². The molecular formula is C13H28N2O2. The normalized spacial score (nSPS) is 23.5. The van der Waals surface area contributed by atoms with E-state index in [4.69, 9.17) is 4.74 Å². The van der Waals surface area contributed by atoms with Crippen LogP contribution in [0.5, 0.6) is 0 Å². The molecular weight excluding hydrogens is 216 g/mol. The van der Waals surface area contributed by atoms with Gasteiger partial charge in [-0.15, -0.1) is 0 Å². The van der Waals surface area contributed by atoms with Gasteiger partial charge < -0.3 is 20.1 Å². The summed E-state index contributed by atoms with van der Waals surface area (Å²) in [7, 11) is 2.16. The highest BCUT2D eigenvalue weighted by molar-refractivity contribution is 4.75. The minimum Gasteiger partial charge on any atom is -0.389 e. The van der Waals surface area contributed by atoms with Gasteiger partial charge in [0, 0.05) is 19.7 Å². The lowest BCUT2D eigenvalue weighted by Crippen LogP contribution is -2.34. The third kappa shape index (κ3) is 6.99. The van der Waals surface area contributed by atoms with Gasteiger partial charge in [-0.3, -0.25) is 0 Å². The molecule has 4 heteroatoms. The van der Waals surface area contributed by atoms with Crippen molar-refractivity contribution in [3.05, 3.63) is 0 Å². The van der Waals surface area contributed by atoms with E-state index >= 15 is 0 Å². The van der Waals surface area contributed by atoms with Gasteiger partial charge in [-0.1, -0.05) is 13.8 Å². The fourth-order valence-corrected chi connectivity index (χ4v) is 2.15. The number of likely N-dealkylation sites (tertiary alicyclic amines) is 1. The largest absolute Gasteiger partial charge is 0.389 e. The minimum atomic E-state index is -0.382. The van der Waals surface area contributed by atoms with Crippen molar-refractivity contribution >= 4 is 0 Å². The van der Waals surface area contributed by atoms with Crippen molar-refractivity contribution < 1.29 is 9.84 Å². The Balaban J connectivity index is 1.94. The molecule has 0 amide bonds. The van der Waals surface area contributed by atoms with Gasteiger partial charge >= 0.3 is 0 Å². The van der Waals surface area contributed by atoms with Crippen LogP contribution in [0.3, 0.4) is 0 Å². The van der Waals surface area contributed by atoms with Crippen LogP contribution in [-0.2, 0) is 4.74 Å². The summed E-state index contributed by atoms with van der Waals surface area (Å²) in [5.41, 5.74) is 0. The van der Waals surface area contributed by atoms with Crippen molar-refractivity contribution in [2.75, 3.05) is 46.4 Å². The molecule has 1 aliphatic rings. The molecule has 17 heavy (non-hydrogen) atoms. The van der Waals surface area contributed by atoms with E-state index < -0.39 is 0 Å². The molecule has 1 fully saturated rings. The third-order valence-corrected chi connectivity index (χ3v) is 3.06. The summed E-state index contributed by atoms with van der Waals surface area (Å²) in [6.07, 6.45) is 0.886. The second-order valence-electron chi connectivity index (χ2n) is 5.66. The molecule has 1 rings (SSSR count). The highest BCUT2D eigenvalue weighted by Gasteiger charge is 2.18. The minimum absolute atomic E-state index is 0.382. The maximum absolute atomic E-state index is 9.69. The molecule has 102 valence electrons. The Labute approximate surface area is 105 Å². The van der Waals surface area contributed by atoms with E-state index in [0.29, 0.717) is 19.1 Å². The lowest BCUT2D eigenvalue weighted by molar-refractivity contribution is 0.0259. The zero-order chi connectivity index (χ0) is 12.7. The summed E-state index contributed by atoms with van der Waals surface area (Å²) < 4.78 is 5.40. The number of aliphatic hydroxyl groups excluding tert-OH is 1. The molecule has 0 aromatic heterocycles. The molecule has 0 saturated carbocycles. The maximum atomic E-state index is 9.69. The molecule has 0 aromatic rings. The van der Waals surface area contributed by atoms with Gasteiger partial charge in [0.05, 0.1) is 12.7 Å². The first-order chi connectivity index (χ1) is 8.08. The van der Waals surface area contributed by atoms with Crippen LogP contribution in [0.1, 0.15) is 20.3 Å². The Bertz CT molecular complexity index is 200. The predicted molar refractivity (Wildman–Crippen MR) is 70.1 cm³/mol. The molecule has 1 saturated heterocycles. The van der Waals surface area contributed by atoms with Crippen LogP contribution in [0.15, 0.2) is 0 Å². The Morgan fingerprint density at radius 2 is 2.18 bits per heavy atom. The molecule has 2 unspecified atom stereocenters. The predicted octanol–water partition coefficient (Wildman–Crippen LogP) is 0.561. The SMILES string of the molecule is CC(C)COCC(O)CNCC1CCN(C)C1. The van der Waals surface area contributed by atoms with Gasteiger partial charge in [-0.2, -0.15) is 0 Å². The van der Waals surface area contributed by atoms with Crippen LogP contribution in [0.2, 0.25) is 0 Å². The molecule has 1 heterocycles. The van der Waals surface area contributed by atoms with Crippen LogP contribution in [0, 0.1) is 11.8 Å². The monoisotopic (exact) mass is 244 g/mol. The standard InChI is InChI=1S/C13H28N2O2/c1-11(2)9-17-10-13(16)7-14-6-12-4-5-15(3)8-12/h11-14,16H,4-10H2,1-3H3. The van der Waals surface area contributed by atoms with Crippen molar-refractivity contribution in [1.82, 2.24) is 10.2 Å². The second kappa shape index (κ2) is 8.03. The van der Waals surface area contributed by atoms with Crippen molar-refractivity contribution in [3.63, 3.8) is 0 Å². The van der Waals surface area contributed by atoms with E-state index in [-0.39, 0.29) is 6.10 Å². The molecule has 0 aromatic carbocycles. The first kappa shape index (κ1) is 14.9. The number of nitrogens with one attached hydrogen (secondary N) is 1. The van der Waals surface area contributed by atoms with Gasteiger partial charge in [0.25, 0.3) is 0 Å². The number of nitrogens with zero attached hydrogens (tertiary/aromatic N) is 1. The average Bonchev–Trinajstić information content (AvgIpc) is 2.63. The van der Waals surface area contributed by atoms with Crippen LogP contribution < -0.4 is 5.32 Å². The first-order valence-electron chi connectivity index (χ1n) is 6.73. The second-order valence-corrected chi connectivity index (χ2v) is 5.66. The lowest BCUT2D eigenvalue weighted by Gasteiger charge is -2.15. The number of rotatable bonds is 8. The number of hydrogen-bond acceptors (Lipinski definition) is 4. The molecule has 2 atom stereocenters. The maximum Gasteiger partial charge on any atom is 0.0897 e. The van der Waals surface area contributed by atoms with Crippen LogP contribution >= 0.6 is 0 Å². The topological polar surface area (TPSA) is 44.7 Å². The molecule has 0 radical (unpaired) electrons. The van der Waals surface area contributed by atoms with E-state index in [2.05, 4.69) is 31.1 Å². The third-order valence-electron chi connectivity index (χ3n) is 3.06. The van der Waals surface area contributed by atoms with Gasteiger partial charge in [0.2, 0.25) is 0 Å². The smallest absolute Gasteiger partial charge is 0.0897 e. The Hall–Kier alpha value is -0.160. The zero-order valence-corrected chi connectivity index (χ0v) is 11.5. The molecule has 2 N–H and O–H groups in total. The van der Waals surface area contributed by atoms with Gasteiger partial charge in [0.1, 0.15) is 0 Å². The number of ether oxygens (including phenoxy) is 1. The highest BCUT2D eigenvalue weighted by atomic mass is 16.5. The summed E-state index contributed by atoms with van der Waals surface area (Å²) in [6, 6.07) is 0. The zero-order valence-electron chi connectivity index (χ0n) is 11.5. The lowest BCUT2D eigenvalue weighted by atomic mass is 10.1. The summed E-state index contributed by atoms with van der Waals surface area (Å²) in [5.74, 6) is 1.27. The highest BCUT2D eigenvalue weighted by Crippen LogP contribution is 2.12. The van der Waals surface area contributed by atoms with E-state index in [1.807, 2.05) is 0 Å². The van der Waals surface area contributed by atoms with E-state index in [9.17, 15) is 5.11 Å². The Kier molecular flexibility index (Phi) is 7.04. The molecule has 1 aliphatic heterocycles. The molecule has 0 spiro atoms. The summed E-state index contributed by atoms with van der Waals surface area (Å²) in [6.45, 7) is 9.41. The summed E-state index contributed by atoms with van der Waals surface area (Å²) in [5, 5.41) is 13.0. The molecule has 4 nitrogen and oxygen atoms in total. The van der Waals surface area contributed by atoms with E-state index in [0.717, 1.165) is 19.1 Å². The Morgan fingerprint density at radius 1 is 1.41 bits per heavy atom. The molecule has 0 bridgehead atoms. The van der Waals surface area contributed by atoms with Crippen LogP contribution in [-0.4, -0.2) is 62.6 Å². The van der Waals surface area contributed by atoms with Crippen molar-refractivity contribution in [2.24, 2.45) is 11.8 Å². The average molecular weight is 244 g/mol. The summed E-state index contributed by atoms with van der Waals surface area (Å²) in [4.78, 5) is 2.36. The van der Waals surface area contributed by atoms with Crippen molar-refractivity contribution in [2.45, 2.75) is 26.4 Å². The summed E-state index contributed by atoms with van der Waals surface area (Å²) >= 11 is 0. The van der Waals surface area contributed by atoms with Crippen LogP contribution in [0.25, 0.3) is 0 Å². The van der Waals surface area contributed by atoms with E-state index in [1.54, 1.807) is 0 Å². The first-order valence-corrected chi connectivity index (χ1v) is 6.73. The van der Waals surface area contributed by atoms with Gasteiger partial charge in [0.15, 0.2) is 0 Å². The van der Waals surface area contributed by atoms with Gasteiger partial charge in [-0.25, -0.2) is 0 Å². The number of aliphatic hydroxyl groups is 1. The van der Waals surface area contributed by atoms with Crippen molar-refractivity contribution in [3.8, 4) is 0 Å². The Morgan fingerprint density at radius 3 is 2.76 bits per heavy atom. The van der Waals surface area contributed by atoms with Gasteiger partial charge in [-0.05, 0) is 38.4 Å². The fourth-order valence-electron chi connectivity index (χ4n) is 2.15. The molecule has 0 aliphatic carbocycles. The number of hydrogen-bond donors (Lipinski definition) is 2.